The summed E-state index contributed by atoms with van der Waals surface area (Å²) < 4.78 is 15.7. The zero-order chi connectivity index (χ0) is 21.8. The van der Waals surface area contributed by atoms with Gasteiger partial charge in [-0.25, -0.2) is 0 Å². The quantitative estimate of drug-likeness (QED) is 0.312. The third-order valence-corrected chi connectivity index (χ3v) is 4.41. The van der Waals surface area contributed by atoms with Crippen LogP contribution < -0.4 is 30.2 Å². The molecule has 0 saturated carbocycles. The number of guanidine groups is 1. The Bertz CT molecular complexity index is 855. The zero-order valence-electron chi connectivity index (χ0n) is 18.0. The maximum absolute atomic E-state index is 12.2. The smallest absolute Gasteiger partial charge is 0.251 e. The van der Waals surface area contributed by atoms with Gasteiger partial charge in [-0.2, -0.15) is 0 Å². The summed E-state index contributed by atoms with van der Waals surface area (Å²) in [7, 11) is 6.53. The van der Waals surface area contributed by atoms with Crippen molar-refractivity contribution in [1.82, 2.24) is 16.0 Å². The SMILES string of the molecule is CN=C(NCCNC(=O)c1cccc(OC)c1)NCCc1ccc(OC)c(OC)c1. The second-order valence-corrected chi connectivity index (χ2v) is 6.35. The highest BCUT2D eigenvalue weighted by Gasteiger charge is 2.07. The van der Waals surface area contributed by atoms with E-state index >= 15 is 0 Å². The van der Waals surface area contributed by atoms with Crippen LogP contribution in [0.3, 0.4) is 0 Å². The number of ether oxygens (including phenoxy) is 3. The van der Waals surface area contributed by atoms with Crippen LogP contribution in [-0.2, 0) is 6.42 Å². The molecule has 30 heavy (non-hydrogen) atoms. The number of methoxy groups -OCH3 is 3. The van der Waals surface area contributed by atoms with E-state index in [4.69, 9.17) is 14.2 Å². The zero-order valence-corrected chi connectivity index (χ0v) is 18.0. The van der Waals surface area contributed by atoms with Gasteiger partial charge in [0.15, 0.2) is 17.5 Å². The molecule has 162 valence electrons. The maximum atomic E-state index is 12.2. The summed E-state index contributed by atoms with van der Waals surface area (Å²) in [5.74, 6) is 2.60. The summed E-state index contributed by atoms with van der Waals surface area (Å²) in [6.07, 6.45) is 0.799. The number of aliphatic imine (C=N–C) groups is 1. The van der Waals surface area contributed by atoms with Gasteiger partial charge in [0.2, 0.25) is 0 Å². The Morgan fingerprint density at radius 3 is 2.30 bits per heavy atom. The van der Waals surface area contributed by atoms with E-state index in [-0.39, 0.29) is 5.91 Å². The van der Waals surface area contributed by atoms with Crippen LogP contribution in [0.4, 0.5) is 0 Å². The first-order chi connectivity index (χ1) is 14.6. The predicted octanol–water partition coefficient (Wildman–Crippen LogP) is 1.85. The van der Waals surface area contributed by atoms with Crippen LogP contribution >= 0.6 is 0 Å². The van der Waals surface area contributed by atoms with E-state index in [9.17, 15) is 4.79 Å². The lowest BCUT2D eigenvalue weighted by molar-refractivity contribution is 0.0954. The fourth-order valence-electron chi connectivity index (χ4n) is 2.81. The van der Waals surface area contributed by atoms with E-state index < -0.39 is 0 Å². The third kappa shape index (κ3) is 6.88. The van der Waals surface area contributed by atoms with Gasteiger partial charge in [0, 0.05) is 32.2 Å². The van der Waals surface area contributed by atoms with Gasteiger partial charge in [-0.05, 0) is 42.3 Å². The molecule has 0 fully saturated rings. The minimum atomic E-state index is -0.146. The first kappa shape index (κ1) is 22.9. The van der Waals surface area contributed by atoms with Crippen LogP contribution in [-0.4, -0.2) is 59.9 Å². The molecule has 2 aromatic carbocycles. The average Bonchev–Trinajstić information content (AvgIpc) is 2.80. The van der Waals surface area contributed by atoms with Gasteiger partial charge in [0.1, 0.15) is 5.75 Å². The topological polar surface area (TPSA) is 93.2 Å². The van der Waals surface area contributed by atoms with Gasteiger partial charge in [-0.3, -0.25) is 9.79 Å². The molecule has 0 aliphatic heterocycles. The third-order valence-electron chi connectivity index (χ3n) is 4.41. The molecule has 0 atom stereocenters. The number of amides is 1. The molecule has 0 heterocycles. The summed E-state index contributed by atoms with van der Waals surface area (Å²) in [5, 5.41) is 9.31. The van der Waals surface area contributed by atoms with Gasteiger partial charge in [0.05, 0.1) is 21.3 Å². The fraction of sp³-hybridized carbons (Fsp3) is 0.364. The highest BCUT2D eigenvalue weighted by Crippen LogP contribution is 2.27. The van der Waals surface area contributed by atoms with E-state index in [1.54, 1.807) is 52.6 Å². The number of rotatable bonds is 10. The van der Waals surface area contributed by atoms with Crippen molar-refractivity contribution in [2.24, 2.45) is 4.99 Å². The number of benzene rings is 2. The van der Waals surface area contributed by atoms with Crippen LogP contribution in [0.2, 0.25) is 0 Å². The van der Waals surface area contributed by atoms with E-state index in [1.807, 2.05) is 18.2 Å². The summed E-state index contributed by atoms with van der Waals surface area (Å²) >= 11 is 0. The molecular formula is C22H30N4O4. The van der Waals surface area contributed by atoms with Crippen molar-refractivity contribution in [2.45, 2.75) is 6.42 Å². The van der Waals surface area contributed by atoms with Gasteiger partial charge in [-0.1, -0.05) is 12.1 Å². The number of carbonyl (C=O) groups excluding carboxylic acids is 1. The Morgan fingerprint density at radius 2 is 1.60 bits per heavy atom. The summed E-state index contributed by atoms with van der Waals surface area (Å²) in [4.78, 5) is 16.4. The summed E-state index contributed by atoms with van der Waals surface area (Å²) in [6.45, 7) is 1.71. The molecule has 1 amide bonds. The van der Waals surface area contributed by atoms with E-state index in [0.717, 1.165) is 12.0 Å². The Kier molecular flexibility index (Phi) is 9.30. The van der Waals surface area contributed by atoms with Crippen molar-refractivity contribution in [2.75, 3.05) is 48.0 Å². The highest BCUT2D eigenvalue weighted by molar-refractivity contribution is 5.94. The number of carbonyl (C=O) groups is 1. The molecule has 2 aromatic rings. The molecule has 0 bridgehead atoms. The van der Waals surface area contributed by atoms with E-state index in [2.05, 4.69) is 20.9 Å². The molecule has 0 saturated heterocycles. The lowest BCUT2D eigenvalue weighted by Gasteiger charge is -2.13. The summed E-state index contributed by atoms with van der Waals surface area (Å²) in [6, 6.07) is 12.9. The maximum Gasteiger partial charge on any atom is 0.251 e. The number of nitrogens with zero attached hydrogens (tertiary/aromatic N) is 1. The molecule has 2 rings (SSSR count). The van der Waals surface area contributed by atoms with Gasteiger partial charge in [0.25, 0.3) is 5.91 Å². The number of hydrogen-bond donors (Lipinski definition) is 3. The van der Waals surface area contributed by atoms with Gasteiger partial charge in [-0.15, -0.1) is 0 Å². The number of hydrogen-bond acceptors (Lipinski definition) is 5. The van der Waals surface area contributed by atoms with Crippen LogP contribution in [0.1, 0.15) is 15.9 Å². The number of nitrogens with one attached hydrogen (secondary N) is 3. The first-order valence-corrected chi connectivity index (χ1v) is 9.69. The molecule has 0 aromatic heterocycles. The Labute approximate surface area is 177 Å². The van der Waals surface area contributed by atoms with Crippen LogP contribution in [0, 0.1) is 0 Å². The largest absolute Gasteiger partial charge is 0.497 e. The molecule has 3 N–H and O–H groups in total. The monoisotopic (exact) mass is 414 g/mol. The van der Waals surface area contributed by atoms with Crippen molar-refractivity contribution in [3.63, 3.8) is 0 Å². The summed E-state index contributed by atoms with van der Waals surface area (Å²) in [5.41, 5.74) is 1.69. The predicted molar refractivity (Wildman–Crippen MR) is 118 cm³/mol. The lowest BCUT2D eigenvalue weighted by Crippen LogP contribution is -2.42. The molecule has 8 nitrogen and oxygen atoms in total. The minimum Gasteiger partial charge on any atom is -0.497 e. The van der Waals surface area contributed by atoms with Crippen molar-refractivity contribution >= 4 is 11.9 Å². The minimum absolute atomic E-state index is 0.146. The lowest BCUT2D eigenvalue weighted by atomic mass is 10.1. The second kappa shape index (κ2) is 12.2. The first-order valence-electron chi connectivity index (χ1n) is 9.69. The van der Waals surface area contributed by atoms with Gasteiger partial charge < -0.3 is 30.2 Å². The van der Waals surface area contributed by atoms with Crippen LogP contribution in [0.15, 0.2) is 47.5 Å². The highest BCUT2D eigenvalue weighted by atomic mass is 16.5. The van der Waals surface area contributed by atoms with E-state index in [0.29, 0.717) is 48.4 Å². The van der Waals surface area contributed by atoms with Gasteiger partial charge >= 0.3 is 0 Å². The Balaban J connectivity index is 1.71. The van der Waals surface area contributed by atoms with Crippen molar-refractivity contribution in [3.05, 3.63) is 53.6 Å². The normalized spacial score (nSPS) is 10.9. The molecule has 8 heteroatoms. The molecule has 0 aliphatic carbocycles. The van der Waals surface area contributed by atoms with Crippen molar-refractivity contribution in [1.29, 1.82) is 0 Å². The van der Waals surface area contributed by atoms with Crippen molar-refractivity contribution < 1.29 is 19.0 Å². The molecule has 0 radical (unpaired) electrons. The Hall–Kier alpha value is -3.42. The molecule has 0 aliphatic rings. The molecule has 0 unspecified atom stereocenters. The van der Waals surface area contributed by atoms with E-state index in [1.165, 1.54) is 0 Å². The standard InChI is InChI=1S/C22H30N4O4/c1-23-22(25-11-10-16-8-9-19(29-3)20(14-16)30-4)26-13-12-24-21(27)17-6-5-7-18(15-17)28-2/h5-9,14-15H,10-13H2,1-4H3,(H,24,27)(H2,23,25,26). The van der Waals surface area contributed by atoms with Crippen LogP contribution in [0.5, 0.6) is 17.2 Å². The Morgan fingerprint density at radius 1 is 0.867 bits per heavy atom. The average molecular weight is 415 g/mol. The van der Waals surface area contributed by atoms with Crippen LogP contribution in [0.25, 0.3) is 0 Å². The molecular weight excluding hydrogens is 384 g/mol. The van der Waals surface area contributed by atoms with Crippen molar-refractivity contribution in [3.8, 4) is 17.2 Å². The second-order valence-electron chi connectivity index (χ2n) is 6.35. The fourth-order valence-corrected chi connectivity index (χ4v) is 2.81. The molecule has 0 spiro atoms.